The summed E-state index contributed by atoms with van der Waals surface area (Å²) in [5.74, 6) is 0.745. The molecule has 5 nitrogen and oxygen atoms in total. The lowest BCUT2D eigenvalue weighted by molar-refractivity contribution is 0.281. The molecule has 2 rings (SSSR count). The van der Waals surface area contributed by atoms with Crippen molar-refractivity contribution < 1.29 is 9.57 Å². The summed E-state index contributed by atoms with van der Waals surface area (Å²) in [6.07, 6.45) is 0. The van der Waals surface area contributed by atoms with Crippen LogP contribution in [-0.4, -0.2) is 15.9 Å². The van der Waals surface area contributed by atoms with Gasteiger partial charge in [-0.15, -0.1) is 10.2 Å². The first-order valence-corrected chi connectivity index (χ1v) is 6.40. The Balaban J connectivity index is 1.90. The lowest BCUT2D eigenvalue weighted by Crippen LogP contribution is -1.99. The second-order valence-corrected chi connectivity index (χ2v) is 4.69. The number of hydrogen-bond donors (Lipinski definition) is 0. The topological polar surface area (TPSA) is 56.6 Å². The van der Waals surface area contributed by atoms with E-state index in [1.54, 1.807) is 12.1 Å². The van der Waals surface area contributed by atoms with Crippen LogP contribution in [0.2, 0.25) is 5.02 Å². The number of halogens is 1. The molecule has 0 aliphatic rings. The fourth-order valence-electron chi connectivity index (χ4n) is 1.31. The Morgan fingerprint density at radius 1 is 1.05 bits per heavy atom. The summed E-state index contributed by atoms with van der Waals surface area (Å²) in [5, 5.41) is 12.2. The molecule has 0 atom stereocenters. The van der Waals surface area contributed by atoms with Gasteiger partial charge in [0.05, 0.1) is 5.71 Å². The lowest BCUT2D eigenvalue weighted by atomic mass is 10.2. The summed E-state index contributed by atoms with van der Waals surface area (Å²) in [6.45, 7) is 4.06. The number of aromatic nitrogens is 2. The van der Waals surface area contributed by atoms with Gasteiger partial charge in [0.1, 0.15) is 6.61 Å². The standard InChI is InChI=1S/C14H14ClN3O2/c1-10(2)18-20-14-8-7-13(16-17-14)19-9-11-3-5-12(15)6-4-11/h3-8H,9H2,1-2H3. The summed E-state index contributed by atoms with van der Waals surface area (Å²) in [6, 6.07) is 10.7. The van der Waals surface area contributed by atoms with Crippen molar-refractivity contribution in [2.75, 3.05) is 0 Å². The van der Waals surface area contributed by atoms with Gasteiger partial charge in [-0.25, -0.2) is 0 Å². The Morgan fingerprint density at radius 2 is 1.70 bits per heavy atom. The summed E-state index contributed by atoms with van der Waals surface area (Å²) in [4.78, 5) is 5.04. The molecule has 0 spiro atoms. The van der Waals surface area contributed by atoms with E-state index in [0.717, 1.165) is 11.3 Å². The van der Waals surface area contributed by atoms with Crippen molar-refractivity contribution in [3.05, 3.63) is 47.0 Å². The minimum Gasteiger partial charge on any atom is -0.472 e. The molecule has 1 heterocycles. The lowest BCUT2D eigenvalue weighted by Gasteiger charge is -2.05. The molecule has 1 aromatic carbocycles. The second-order valence-electron chi connectivity index (χ2n) is 4.25. The zero-order chi connectivity index (χ0) is 14.4. The highest BCUT2D eigenvalue weighted by atomic mass is 35.5. The van der Waals surface area contributed by atoms with Crippen LogP contribution in [0, 0.1) is 0 Å². The van der Waals surface area contributed by atoms with Crippen molar-refractivity contribution in [3.63, 3.8) is 0 Å². The highest BCUT2D eigenvalue weighted by Gasteiger charge is 2.01. The van der Waals surface area contributed by atoms with Crippen LogP contribution in [0.3, 0.4) is 0 Å². The molecule has 0 amide bonds. The predicted octanol–water partition coefficient (Wildman–Crippen LogP) is 3.48. The maximum absolute atomic E-state index is 5.81. The third kappa shape index (κ3) is 4.51. The molecular weight excluding hydrogens is 278 g/mol. The maximum atomic E-state index is 5.81. The molecule has 0 radical (unpaired) electrons. The first-order chi connectivity index (χ1) is 9.63. The Hall–Kier alpha value is -2.14. The van der Waals surface area contributed by atoms with Gasteiger partial charge in [0.15, 0.2) is 0 Å². The molecule has 1 aromatic heterocycles. The number of nitrogens with zero attached hydrogens (tertiary/aromatic N) is 3. The van der Waals surface area contributed by atoms with Crippen molar-refractivity contribution in [2.24, 2.45) is 5.16 Å². The van der Waals surface area contributed by atoms with E-state index in [0.29, 0.717) is 23.4 Å². The predicted molar refractivity (Wildman–Crippen MR) is 77.2 cm³/mol. The Morgan fingerprint density at radius 3 is 2.30 bits per heavy atom. The third-order valence-corrected chi connectivity index (χ3v) is 2.49. The summed E-state index contributed by atoms with van der Waals surface area (Å²) in [5.41, 5.74) is 1.80. The zero-order valence-electron chi connectivity index (χ0n) is 11.2. The quantitative estimate of drug-likeness (QED) is 0.625. The van der Waals surface area contributed by atoms with Crippen LogP contribution in [0.5, 0.6) is 11.8 Å². The molecule has 0 fully saturated rings. The van der Waals surface area contributed by atoms with E-state index >= 15 is 0 Å². The van der Waals surface area contributed by atoms with E-state index in [4.69, 9.17) is 21.2 Å². The maximum Gasteiger partial charge on any atom is 0.267 e. The molecule has 0 N–H and O–H groups in total. The van der Waals surface area contributed by atoms with Crippen LogP contribution in [0.1, 0.15) is 19.4 Å². The fourth-order valence-corrected chi connectivity index (χ4v) is 1.44. The smallest absolute Gasteiger partial charge is 0.267 e. The van der Waals surface area contributed by atoms with Gasteiger partial charge in [-0.3, -0.25) is 0 Å². The third-order valence-electron chi connectivity index (χ3n) is 2.24. The van der Waals surface area contributed by atoms with E-state index in [2.05, 4.69) is 15.4 Å². The zero-order valence-corrected chi connectivity index (χ0v) is 12.0. The number of rotatable bonds is 5. The fraction of sp³-hybridized carbons (Fsp3) is 0.214. The van der Waals surface area contributed by atoms with Crippen LogP contribution >= 0.6 is 11.6 Å². The molecule has 0 bridgehead atoms. The molecule has 6 heteroatoms. The number of oxime groups is 1. The van der Waals surface area contributed by atoms with Crippen molar-refractivity contribution in [1.29, 1.82) is 0 Å². The highest BCUT2D eigenvalue weighted by molar-refractivity contribution is 6.30. The van der Waals surface area contributed by atoms with Gasteiger partial charge in [-0.1, -0.05) is 28.9 Å². The van der Waals surface area contributed by atoms with Gasteiger partial charge in [0.2, 0.25) is 5.88 Å². The van der Waals surface area contributed by atoms with Crippen LogP contribution in [0.4, 0.5) is 0 Å². The van der Waals surface area contributed by atoms with E-state index < -0.39 is 0 Å². The van der Waals surface area contributed by atoms with Crippen molar-refractivity contribution >= 4 is 17.3 Å². The van der Waals surface area contributed by atoms with Gasteiger partial charge < -0.3 is 9.57 Å². The number of ether oxygens (including phenoxy) is 1. The Labute approximate surface area is 122 Å². The Kier molecular flexibility index (Phi) is 4.90. The van der Waals surface area contributed by atoms with Gasteiger partial charge >= 0.3 is 0 Å². The van der Waals surface area contributed by atoms with Gasteiger partial charge in [-0.05, 0) is 31.5 Å². The summed E-state index contributed by atoms with van der Waals surface area (Å²) < 4.78 is 5.50. The van der Waals surface area contributed by atoms with Crippen molar-refractivity contribution in [1.82, 2.24) is 10.2 Å². The summed E-state index contributed by atoms with van der Waals surface area (Å²) in [7, 11) is 0. The molecule has 0 saturated carbocycles. The molecule has 2 aromatic rings. The largest absolute Gasteiger partial charge is 0.472 e. The van der Waals surface area contributed by atoms with E-state index in [-0.39, 0.29) is 0 Å². The van der Waals surface area contributed by atoms with Gasteiger partial charge in [0.25, 0.3) is 5.88 Å². The normalized spacial score (nSPS) is 9.95. The van der Waals surface area contributed by atoms with Crippen LogP contribution in [-0.2, 0) is 6.61 Å². The summed E-state index contributed by atoms with van der Waals surface area (Å²) >= 11 is 5.81. The van der Waals surface area contributed by atoms with Crippen LogP contribution < -0.4 is 9.57 Å². The molecule has 0 saturated heterocycles. The van der Waals surface area contributed by atoms with Gasteiger partial charge in [0, 0.05) is 17.2 Å². The van der Waals surface area contributed by atoms with Crippen molar-refractivity contribution in [2.45, 2.75) is 20.5 Å². The SMILES string of the molecule is CC(C)=NOc1ccc(OCc2ccc(Cl)cc2)nn1. The minimum atomic E-state index is 0.324. The number of hydrogen-bond acceptors (Lipinski definition) is 5. The highest BCUT2D eigenvalue weighted by Crippen LogP contribution is 2.14. The number of benzene rings is 1. The second kappa shape index (κ2) is 6.86. The Bertz CT molecular complexity index is 578. The van der Waals surface area contributed by atoms with E-state index in [9.17, 15) is 0 Å². The molecule has 20 heavy (non-hydrogen) atoms. The van der Waals surface area contributed by atoms with Gasteiger partial charge in [-0.2, -0.15) is 0 Å². The van der Waals surface area contributed by atoms with E-state index in [1.807, 2.05) is 38.1 Å². The first kappa shape index (κ1) is 14.3. The van der Waals surface area contributed by atoms with Crippen molar-refractivity contribution in [3.8, 4) is 11.8 Å². The minimum absolute atomic E-state index is 0.324. The molecule has 0 aliphatic heterocycles. The monoisotopic (exact) mass is 291 g/mol. The average Bonchev–Trinajstić information content (AvgIpc) is 2.45. The first-order valence-electron chi connectivity index (χ1n) is 6.02. The van der Waals surface area contributed by atoms with E-state index in [1.165, 1.54) is 0 Å². The molecule has 0 aliphatic carbocycles. The molecular formula is C14H14ClN3O2. The van der Waals surface area contributed by atoms with Crippen LogP contribution in [0.15, 0.2) is 41.6 Å². The molecule has 0 unspecified atom stereocenters. The molecule has 104 valence electrons. The average molecular weight is 292 g/mol. The van der Waals surface area contributed by atoms with Crippen LogP contribution in [0.25, 0.3) is 0 Å².